The Morgan fingerprint density at radius 2 is 1.43 bits per heavy atom. The standard InChI is InChI=1S/C29H31BrN2O5/c1-18-12-19(2)14-24(13-18)37-23-10-8-22(9-11-23)31-27(33)6-5-7-29(35)36-17-28(34)32-26-16-20(3)25(30)15-21(26)4/h8-16H,5-7,17H2,1-4H3,(H,31,33)(H,32,34). The average molecular weight is 567 g/mol. The molecule has 0 radical (unpaired) electrons. The molecule has 0 saturated carbocycles. The van der Waals surface area contributed by atoms with E-state index in [0.29, 0.717) is 23.5 Å². The van der Waals surface area contributed by atoms with Crippen LogP contribution in [0.3, 0.4) is 0 Å². The molecule has 0 spiro atoms. The fourth-order valence-electron chi connectivity index (χ4n) is 3.67. The number of amides is 2. The van der Waals surface area contributed by atoms with Gasteiger partial charge >= 0.3 is 5.97 Å². The zero-order chi connectivity index (χ0) is 26.9. The van der Waals surface area contributed by atoms with Crippen LogP contribution < -0.4 is 15.4 Å². The smallest absolute Gasteiger partial charge is 0.306 e. The third-order valence-electron chi connectivity index (χ3n) is 5.50. The van der Waals surface area contributed by atoms with E-state index in [9.17, 15) is 14.4 Å². The van der Waals surface area contributed by atoms with Gasteiger partial charge in [-0.1, -0.05) is 22.0 Å². The number of esters is 1. The number of hydrogen-bond donors (Lipinski definition) is 2. The molecule has 8 heteroatoms. The number of halogens is 1. The van der Waals surface area contributed by atoms with Crippen molar-refractivity contribution in [2.24, 2.45) is 0 Å². The summed E-state index contributed by atoms with van der Waals surface area (Å²) >= 11 is 3.45. The van der Waals surface area contributed by atoms with E-state index in [0.717, 1.165) is 32.5 Å². The lowest BCUT2D eigenvalue weighted by molar-refractivity contribution is -0.147. The van der Waals surface area contributed by atoms with E-state index in [2.05, 4.69) is 32.6 Å². The molecule has 3 aromatic carbocycles. The molecule has 0 aromatic heterocycles. The molecule has 7 nitrogen and oxygen atoms in total. The normalized spacial score (nSPS) is 10.5. The minimum Gasteiger partial charge on any atom is -0.457 e. The van der Waals surface area contributed by atoms with Gasteiger partial charge in [-0.25, -0.2) is 0 Å². The third kappa shape index (κ3) is 9.06. The first-order chi connectivity index (χ1) is 17.6. The lowest BCUT2D eigenvalue weighted by atomic mass is 10.1. The summed E-state index contributed by atoms with van der Waals surface area (Å²) in [6.45, 7) is 7.46. The molecule has 0 aliphatic rings. The summed E-state index contributed by atoms with van der Waals surface area (Å²) in [5.41, 5.74) is 5.43. The van der Waals surface area contributed by atoms with Gasteiger partial charge < -0.3 is 20.1 Å². The lowest BCUT2D eigenvalue weighted by Gasteiger charge is -2.11. The Morgan fingerprint density at radius 1 is 0.757 bits per heavy atom. The molecule has 0 aliphatic carbocycles. The molecular weight excluding hydrogens is 536 g/mol. The van der Waals surface area contributed by atoms with Crippen LogP contribution in [-0.4, -0.2) is 24.4 Å². The summed E-state index contributed by atoms with van der Waals surface area (Å²) < 4.78 is 11.9. The molecule has 0 heterocycles. The van der Waals surface area contributed by atoms with Crippen molar-refractivity contribution in [1.82, 2.24) is 0 Å². The number of benzene rings is 3. The van der Waals surface area contributed by atoms with Crippen molar-refractivity contribution in [2.45, 2.75) is 47.0 Å². The maximum Gasteiger partial charge on any atom is 0.306 e. The number of carbonyl (C=O) groups is 3. The maximum atomic E-state index is 12.2. The van der Waals surface area contributed by atoms with E-state index in [-0.39, 0.29) is 25.4 Å². The largest absolute Gasteiger partial charge is 0.457 e. The van der Waals surface area contributed by atoms with E-state index >= 15 is 0 Å². The van der Waals surface area contributed by atoms with Crippen molar-refractivity contribution < 1.29 is 23.9 Å². The fourth-order valence-corrected chi connectivity index (χ4v) is 4.13. The molecule has 0 fully saturated rings. The molecule has 2 N–H and O–H groups in total. The van der Waals surface area contributed by atoms with Crippen LogP contribution in [0.4, 0.5) is 11.4 Å². The Labute approximate surface area is 225 Å². The van der Waals surface area contributed by atoms with Gasteiger partial charge in [0, 0.05) is 28.7 Å². The van der Waals surface area contributed by atoms with Gasteiger partial charge in [-0.2, -0.15) is 0 Å². The van der Waals surface area contributed by atoms with E-state index in [1.807, 2.05) is 52.0 Å². The van der Waals surface area contributed by atoms with Crippen molar-refractivity contribution in [3.8, 4) is 11.5 Å². The van der Waals surface area contributed by atoms with Crippen LogP contribution in [0.15, 0.2) is 59.1 Å². The molecule has 0 aliphatic heterocycles. The van der Waals surface area contributed by atoms with Crippen molar-refractivity contribution in [2.75, 3.05) is 17.2 Å². The number of ether oxygens (including phenoxy) is 2. The highest BCUT2D eigenvalue weighted by Gasteiger charge is 2.12. The molecule has 0 bridgehead atoms. The van der Waals surface area contributed by atoms with Crippen LogP contribution >= 0.6 is 15.9 Å². The van der Waals surface area contributed by atoms with Gasteiger partial charge in [-0.15, -0.1) is 0 Å². The van der Waals surface area contributed by atoms with Crippen molar-refractivity contribution >= 4 is 45.1 Å². The van der Waals surface area contributed by atoms with Crippen LogP contribution in [0.1, 0.15) is 41.5 Å². The number of hydrogen-bond acceptors (Lipinski definition) is 5. The quantitative estimate of drug-likeness (QED) is 0.264. The van der Waals surface area contributed by atoms with Crippen molar-refractivity contribution in [3.05, 3.63) is 81.3 Å². The van der Waals surface area contributed by atoms with Gasteiger partial charge in [0.25, 0.3) is 5.91 Å². The molecule has 3 rings (SSSR count). The Balaban J connectivity index is 1.36. The molecule has 0 atom stereocenters. The minimum atomic E-state index is -0.528. The molecule has 194 valence electrons. The van der Waals surface area contributed by atoms with Gasteiger partial charge in [-0.3, -0.25) is 14.4 Å². The highest BCUT2D eigenvalue weighted by molar-refractivity contribution is 9.10. The van der Waals surface area contributed by atoms with Gasteiger partial charge in [0.2, 0.25) is 5.91 Å². The van der Waals surface area contributed by atoms with E-state index < -0.39 is 11.9 Å². The molecule has 0 saturated heterocycles. The predicted octanol–water partition coefficient (Wildman–Crippen LogP) is 6.77. The van der Waals surface area contributed by atoms with Crippen LogP contribution in [0.2, 0.25) is 0 Å². The second-order valence-corrected chi connectivity index (χ2v) is 9.83. The summed E-state index contributed by atoms with van der Waals surface area (Å²) in [6.07, 6.45) is 0.504. The Bertz CT molecular complexity index is 1270. The van der Waals surface area contributed by atoms with Crippen molar-refractivity contribution in [1.29, 1.82) is 0 Å². The highest BCUT2D eigenvalue weighted by Crippen LogP contribution is 2.26. The number of aryl methyl sites for hydroxylation is 4. The van der Waals surface area contributed by atoms with Gasteiger partial charge in [0.05, 0.1) is 0 Å². The average Bonchev–Trinajstić information content (AvgIpc) is 2.82. The topological polar surface area (TPSA) is 93.7 Å². The third-order valence-corrected chi connectivity index (χ3v) is 6.35. The Morgan fingerprint density at radius 3 is 2.11 bits per heavy atom. The highest BCUT2D eigenvalue weighted by atomic mass is 79.9. The zero-order valence-corrected chi connectivity index (χ0v) is 23.0. The molecule has 3 aromatic rings. The number of nitrogens with one attached hydrogen (secondary N) is 2. The Kier molecular flexibility index (Phi) is 9.85. The minimum absolute atomic E-state index is 0.0415. The summed E-state index contributed by atoms with van der Waals surface area (Å²) in [5.74, 6) is 0.271. The molecule has 0 unspecified atom stereocenters. The first-order valence-electron chi connectivity index (χ1n) is 12.0. The molecule has 2 amide bonds. The monoisotopic (exact) mass is 566 g/mol. The summed E-state index contributed by atoms with van der Waals surface area (Å²) in [4.78, 5) is 36.4. The number of rotatable bonds is 10. The maximum absolute atomic E-state index is 12.2. The van der Waals surface area contributed by atoms with E-state index in [1.165, 1.54) is 0 Å². The second-order valence-electron chi connectivity index (χ2n) is 8.98. The van der Waals surface area contributed by atoms with Crippen LogP contribution in [0, 0.1) is 27.7 Å². The van der Waals surface area contributed by atoms with Gasteiger partial charge in [0.15, 0.2) is 6.61 Å². The summed E-state index contributed by atoms with van der Waals surface area (Å²) in [6, 6.07) is 16.9. The number of carbonyl (C=O) groups excluding carboxylic acids is 3. The van der Waals surface area contributed by atoms with Crippen LogP contribution in [0.25, 0.3) is 0 Å². The summed E-state index contributed by atoms with van der Waals surface area (Å²) in [7, 11) is 0. The lowest BCUT2D eigenvalue weighted by Crippen LogP contribution is -2.21. The fraction of sp³-hybridized carbons (Fsp3) is 0.276. The van der Waals surface area contributed by atoms with Gasteiger partial charge in [-0.05, 0) is 105 Å². The first kappa shape index (κ1) is 27.9. The zero-order valence-electron chi connectivity index (χ0n) is 21.4. The van der Waals surface area contributed by atoms with Crippen LogP contribution in [0.5, 0.6) is 11.5 Å². The number of anilines is 2. The molecule has 37 heavy (non-hydrogen) atoms. The van der Waals surface area contributed by atoms with Gasteiger partial charge in [0.1, 0.15) is 11.5 Å². The predicted molar refractivity (Wildman–Crippen MR) is 148 cm³/mol. The van der Waals surface area contributed by atoms with E-state index in [4.69, 9.17) is 9.47 Å². The Hall–Kier alpha value is -3.65. The first-order valence-corrected chi connectivity index (χ1v) is 12.8. The van der Waals surface area contributed by atoms with E-state index in [1.54, 1.807) is 24.3 Å². The van der Waals surface area contributed by atoms with Crippen molar-refractivity contribution in [3.63, 3.8) is 0 Å². The SMILES string of the molecule is Cc1cc(C)cc(Oc2ccc(NC(=O)CCCC(=O)OCC(=O)Nc3cc(C)c(Br)cc3C)cc2)c1. The summed E-state index contributed by atoms with van der Waals surface area (Å²) in [5, 5.41) is 5.55. The molecular formula is C29H31BrN2O5. The second kappa shape index (κ2) is 13.1. The van der Waals surface area contributed by atoms with Crippen LogP contribution in [-0.2, 0) is 19.1 Å².